The van der Waals surface area contributed by atoms with E-state index in [1.54, 1.807) is 18.0 Å². The Hall–Kier alpha value is -4.01. The topological polar surface area (TPSA) is 103 Å². The summed E-state index contributed by atoms with van der Waals surface area (Å²) >= 11 is 0. The molecule has 1 aliphatic rings. The number of ether oxygens (including phenoxy) is 1. The highest BCUT2D eigenvalue weighted by Gasteiger charge is 2.23. The Labute approximate surface area is 160 Å². The maximum absolute atomic E-state index is 5.26. The average Bonchev–Trinajstić information content (AvgIpc) is 3.18. The summed E-state index contributed by atoms with van der Waals surface area (Å²) in [5.41, 5.74) is 3.52. The number of tetrazole rings is 1. The molecule has 9 heteroatoms. The predicted molar refractivity (Wildman–Crippen MR) is 104 cm³/mol. The van der Waals surface area contributed by atoms with Crippen LogP contribution in [0.15, 0.2) is 54.7 Å². The van der Waals surface area contributed by atoms with E-state index in [0.717, 1.165) is 28.3 Å². The van der Waals surface area contributed by atoms with Crippen molar-refractivity contribution < 1.29 is 4.74 Å². The zero-order valence-corrected chi connectivity index (χ0v) is 15.0. The van der Waals surface area contributed by atoms with Gasteiger partial charge < -0.3 is 15.4 Å². The fourth-order valence-corrected chi connectivity index (χ4v) is 3.10. The Balaban J connectivity index is 1.48. The van der Waals surface area contributed by atoms with Crippen LogP contribution in [-0.2, 0) is 6.54 Å². The number of aromatic nitrogens is 6. The highest BCUT2D eigenvalue weighted by Crippen LogP contribution is 2.35. The molecule has 3 heterocycles. The molecular formula is C19H16N8O. The van der Waals surface area contributed by atoms with E-state index in [4.69, 9.17) is 4.74 Å². The maximum Gasteiger partial charge on any atom is 0.224 e. The molecule has 5 rings (SSSR count). The van der Waals surface area contributed by atoms with E-state index in [-0.39, 0.29) is 0 Å². The minimum Gasteiger partial charge on any atom is -0.497 e. The molecule has 28 heavy (non-hydrogen) atoms. The summed E-state index contributed by atoms with van der Waals surface area (Å²) in [6.45, 7) is 0.574. The van der Waals surface area contributed by atoms with Gasteiger partial charge in [-0.3, -0.25) is 0 Å². The fourth-order valence-electron chi connectivity index (χ4n) is 3.10. The lowest BCUT2D eigenvalue weighted by Crippen LogP contribution is -2.06. The number of anilines is 3. The van der Waals surface area contributed by atoms with Gasteiger partial charge in [0.2, 0.25) is 5.95 Å². The van der Waals surface area contributed by atoms with Crippen molar-refractivity contribution in [1.82, 2.24) is 30.2 Å². The third-order valence-corrected chi connectivity index (χ3v) is 4.47. The second kappa shape index (κ2) is 6.62. The van der Waals surface area contributed by atoms with E-state index in [2.05, 4.69) is 36.1 Å². The standard InChI is InChI=1S/C19H16N8O/c1-28-13-6-4-5-12(9-13)10-20-19-21-11-14-17(23-19)22-15-7-2-3-8-16(15)27-18(14)24-25-26-27/h2-9,11H,10H2,1H3,(H2,20,21,22,23). The summed E-state index contributed by atoms with van der Waals surface area (Å²) in [6.07, 6.45) is 1.72. The molecule has 0 saturated carbocycles. The molecule has 0 spiro atoms. The number of hydrogen-bond acceptors (Lipinski definition) is 8. The molecule has 2 N–H and O–H groups in total. The number of nitrogens with one attached hydrogen (secondary N) is 2. The van der Waals surface area contributed by atoms with Crippen LogP contribution in [0.2, 0.25) is 0 Å². The van der Waals surface area contributed by atoms with E-state index in [9.17, 15) is 0 Å². The number of benzene rings is 2. The van der Waals surface area contributed by atoms with Crippen molar-refractivity contribution >= 4 is 17.5 Å². The van der Waals surface area contributed by atoms with Crippen LogP contribution in [0.4, 0.5) is 17.5 Å². The van der Waals surface area contributed by atoms with Crippen LogP contribution in [0.3, 0.4) is 0 Å². The molecule has 0 fully saturated rings. The monoisotopic (exact) mass is 372 g/mol. The Morgan fingerprint density at radius 2 is 2.07 bits per heavy atom. The zero-order valence-electron chi connectivity index (χ0n) is 15.0. The molecule has 2 aromatic heterocycles. The smallest absolute Gasteiger partial charge is 0.224 e. The van der Waals surface area contributed by atoms with Gasteiger partial charge in [0.05, 0.1) is 24.0 Å². The number of rotatable bonds is 4. The van der Waals surface area contributed by atoms with Crippen molar-refractivity contribution in [1.29, 1.82) is 0 Å². The molecule has 0 radical (unpaired) electrons. The lowest BCUT2D eigenvalue weighted by molar-refractivity contribution is 0.414. The second-order valence-electron chi connectivity index (χ2n) is 6.22. The lowest BCUT2D eigenvalue weighted by atomic mass is 10.2. The van der Waals surface area contributed by atoms with Crippen molar-refractivity contribution in [3.05, 3.63) is 60.3 Å². The summed E-state index contributed by atoms with van der Waals surface area (Å²) in [5, 5.41) is 18.7. The number of methoxy groups -OCH3 is 1. The molecule has 0 bridgehead atoms. The molecule has 9 nitrogen and oxygen atoms in total. The lowest BCUT2D eigenvalue weighted by Gasteiger charge is -2.10. The minimum absolute atomic E-state index is 0.507. The quantitative estimate of drug-likeness (QED) is 0.496. The van der Waals surface area contributed by atoms with Crippen LogP contribution >= 0.6 is 0 Å². The molecule has 0 amide bonds. The normalized spacial score (nSPS) is 11.5. The van der Waals surface area contributed by atoms with E-state index >= 15 is 0 Å². The molecule has 4 aromatic rings. The summed E-state index contributed by atoms with van der Waals surface area (Å²) in [7, 11) is 1.65. The molecule has 0 saturated heterocycles. The maximum atomic E-state index is 5.26. The van der Waals surface area contributed by atoms with Crippen LogP contribution in [0.1, 0.15) is 5.56 Å². The zero-order chi connectivity index (χ0) is 18.9. The van der Waals surface area contributed by atoms with E-state index in [0.29, 0.717) is 24.1 Å². The van der Waals surface area contributed by atoms with Gasteiger partial charge in [-0.15, -0.1) is 5.10 Å². The fraction of sp³-hybridized carbons (Fsp3) is 0.105. The van der Waals surface area contributed by atoms with Gasteiger partial charge in [0, 0.05) is 12.7 Å². The number of para-hydroxylation sites is 2. The first kappa shape index (κ1) is 16.2. The van der Waals surface area contributed by atoms with E-state index in [1.807, 2.05) is 48.5 Å². The van der Waals surface area contributed by atoms with Gasteiger partial charge in [0.15, 0.2) is 5.82 Å². The van der Waals surface area contributed by atoms with Crippen molar-refractivity contribution in [2.75, 3.05) is 17.7 Å². The van der Waals surface area contributed by atoms with Crippen LogP contribution in [0.5, 0.6) is 5.75 Å². The molecule has 0 atom stereocenters. The Morgan fingerprint density at radius 3 is 3.00 bits per heavy atom. The highest BCUT2D eigenvalue weighted by molar-refractivity contribution is 5.81. The molecule has 138 valence electrons. The third-order valence-electron chi connectivity index (χ3n) is 4.47. The molecule has 0 unspecified atom stereocenters. The van der Waals surface area contributed by atoms with Crippen molar-refractivity contribution in [3.63, 3.8) is 0 Å². The highest BCUT2D eigenvalue weighted by atomic mass is 16.5. The van der Waals surface area contributed by atoms with Gasteiger partial charge in [-0.05, 0) is 40.3 Å². The SMILES string of the molecule is COc1cccc(CNc2ncc3c(n2)Nc2ccccc2-n2nnnc2-3)c1. The van der Waals surface area contributed by atoms with Gasteiger partial charge >= 0.3 is 0 Å². The summed E-state index contributed by atoms with van der Waals surface area (Å²) < 4.78 is 6.95. The molecule has 0 aliphatic carbocycles. The first-order valence-electron chi connectivity index (χ1n) is 8.71. The Kier molecular flexibility index (Phi) is 3.82. The summed E-state index contributed by atoms with van der Waals surface area (Å²) in [6, 6.07) is 15.6. The molecule has 2 aromatic carbocycles. The summed E-state index contributed by atoms with van der Waals surface area (Å²) in [5.74, 6) is 2.55. The Morgan fingerprint density at radius 1 is 1.14 bits per heavy atom. The Bertz CT molecular complexity index is 1160. The first-order valence-corrected chi connectivity index (χ1v) is 8.71. The molecular weight excluding hydrogens is 356 g/mol. The van der Waals surface area contributed by atoms with Gasteiger partial charge in [-0.25, -0.2) is 4.98 Å². The number of fused-ring (bicyclic) bond motifs is 5. The van der Waals surface area contributed by atoms with Crippen LogP contribution in [0.25, 0.3) is 17.1 Å². The average molecular weight is 372 g/mol. The number of hydrogen-bond donors (Lipinski definition) is 2. The van der Waals surface area contributed by atoms with Crippen molar-refractivity contribution in [2.45, 2.75) is 6.54 Å². The first-order chi connectivity index (χ1) is 13.8. The van der Waals surface area contributed by atoms with Crippen LogP contribution in [-0.4, -0.2) is 37.3 Å². The van der Waals surface area contributed by atoms with Gasteiger partial charge in [-0.1, -0.05) is 24.3 Å². The molecule has 1 aliphatic heterocycles. The van der Waals surface area contributed by atoms with Crippen LogP contribution < -0.4 is 15.4 Å². The predicted octanol–water partition coefficient (Wildman–Crippen LogP) is 2.80. The summed E-state index contributed by atoms with van der Waals surface area (Å²) in [4.78, 5) is 9.07. The van der Waals surface area contributed by atoms with Gasteiger partial charge in [0.25, 0.3) is 0 Å². The van der Waals surface area contributed by atoms with Gasteiger partial charge in [-0.2, -0.15) is 9.67 Å². The van der Waals surface area contributed by atoms with E-state index in [1.165, 1.54) is 0 Å². The number of nitrogens with zero attached hydrogens (tertiary/aromatic N) is 6. The second-order valence-corrected chi connectivity index (χ2v) is 6.22. The largest absolute Gasteiger partial charge is 0.497 e. The third kappa shape index (κ3) is 2.78. The van der Waals surface area contributed by atoms with Gasteiger partial charge in [0.1, 0.15) is 11.6 Å². The van der Waals surface area contributed by atoms with Crippen LogP contribution in [0, 0.1) is 0 Å². The van der Waals surface area contributed by atoms with E-state index < -0.39 is 0 Å². The van der Waals surface area contributed by atoms with Crippen molar-refractivity contribution in [3.8, 4) is 22.8 Å². The minimum atomic E-state index is 0.507. The van der Waals surface area contributed by atoms with Crippen molar-refractivity contribution in [2.24, 2.45) is 0 Å².